The molecule has 3 aliphatic heterocycles. The third kappa shape index (κ3) is 5.73. The summed E-state index contributed by atoms with van der Waals surface area (Å²) in [5, 5.41) is 18.9. The van der Waals surface area contributed by atoms with Crippen molar-refractivity contribution >= 4 is 55.4 Å². The number of anilines is 4. The largest absolute Gasteiger partial charge is 0.494 e. The summed E-state index contributed by atoms with van der Waals surface area (Å²) in [7, 11) is -3.56. The summed E-state index contributed by atoms with van der Waals surface area (Å²) >= 11 is 6.45. The molecule has 3 saturated heterocycles. The van der Waals surface area contributed by atoms with Crippen LogP contribution in [0.4, 0.5) is 23.1 Å². The van der Waals surface area contributed by atoms with Crippen molar-refractivity contribution in [2.75, 3.05) is 30.3 Å². The molecule has 228 valence electrons. The number of hydrogen-bond donors (Lipinski definition) is 3. The highest BCUT2D eigenvalue weighted by Crippen LogP contribution is 2.43. The molecule has 10 nitrogen and oxygen atoms in total. The van der Waals surface area contributed by atoms with Gasteiger partial charge in [0.2, 0.25) is 5.95 Å². The van der Waals surface area contributed by atoms with Crippen molar-refractivity contribution in [2.24, 2.45) is 5.92 Å². The predicted molar refractivity (Wildman–Crippen MR) is 170 cm³/mol. The van der Waals surface area contributed by atoms with Crippen LogP contribution in [0.5, 0.6) is 11.6 Å². The molecule has 43 heavy (non-hydrogen) atoms. The van der Waals surface area contributed by atoms with Gasteiger partial charge in [-0.15, -0.1) is 0 Å². The average Bonchev–Trinajstić information content (AvgIpc) is 3.30. The Morgan fingerprint density at radius 1 is 1.07 bits per heavy atom. The molecule has 5 heterocycles. The van der Waals surface area contributed by atoms with Crippen molar-refractivity contribution in [2.45, 2.75) is 62.8 Å². The van der Waals surface area contributed by atoms with Crippen molar-refractivity contribution in [1.29, 1.82) is 0 Å². The number of sulfone groups is 1. The van der Waals surface area contributed by atoms with Gasteiger partial charge in [0.05, 0.1) is 39.9 Å². The molecule has 4 aromatic rings. The standard InChI is InChI=1S/C31H37ClN6O4S/c1-18(2)42-27-13-21-16-38(26-17-37-11-9-20(26)10-12-37)30(39)22(21)14-25(27)35-31-33-15-23(32)29(36-31)34-24-7-5-6-8-28(24)43(40,41)19(3)4/h5-8,13-16,18-20,26,39H,9-12,17H2,1-4H3,(H2,33,34,35,36)/t26-/m1/s1. The van der Waals surface area contributed by atoms with E-state index in [4.69, 9.17) is 16.3 Å². The lowest BCUT2D eigenvalue weighted by molar-refractivity contribution is 0.0541. The Labute approximate surface area is 257 Å². The molecule has 2 aromatic carbocycles. The lowest BCUT2D eigenvalue weighted by atomic mass is 9.84. The number of para-hydroxylation sites is 1. The van der Waals surface area contributed by atoms with Gasteiger partial charge in [-0.25, -0.2) is 13.4 Å². The van der Waals surface area contributed by atoms with Crippen LogP contribution in [0.3, 0.4) is 0 Å². The third-order valence-corrected chi connectivity index (χ3v) is 10.8. The fourth-order valence-corrected chi connectivity index (χ4v) is 7.37. The van der Waals surface area contributed by atoms with Crippen molar-refractivity contribution in [3.63, 3.8) is 0 Å². The topological polar surface area (TPSA) is 122 Å². The molecular formula is C31H37ClN6O4S. The number of benzene rings is 2. The summed E-state index contributed by atoms with van der Waals surface area (Å²) in [6.07, 6.45) is 5.66. The summed E-state index contributed by atoms with van der Waals surface area (Å²) < 4.78 is 34.1. The maximum absolute atomic E-state index is 13.0. The van der Waals surface area contributed by atoms with E-state index in [0.29, 0.717) is 28.4 Å². The van der Waals surface area contributed by atoms with Crippen LogP contribution in [0.15, 0.2) is 53.7 Å². The molecule has 3 fully saturated rings. The fraction of sp³-hybridized carbons (Fsp3) is 0.419. The van der Waals surface area contributed by atoms with Gasteiger partial charge in [-0.3, -0.25) is 0 Å². The highest BCUT2D eigenvalue weighted by Gasteiger charge is 2.36. The summed E-state index contributed by atoms with van der Waals surface area (Å²) in [6.45, 7) is 10.4. The second-order valence-corrected chi connectivity index (χ2v) is 14.8. The number of rotatable bonds is 9. The molecule has 2 bridgehead atoms. The molecule has 3 N–H and O–H groups in total. The molecule has 3 aliphatic rings. The van der Waals surface area contributed by atoms with Crippen LogP contribution in [0.2, 0.25) is 5.02 Å². The smallest absolute Gasteiger partial charge is 0.229 e. The van der Waals surface area contributed by atoms with Gasteiger partial charge in [-0.1, -0.05) is 23.7 Å². The molecular weight excluding hydrogens is 588 g/mol. The van der Waals surface area contributed by atoms with E-state index in [1.54, 1.807) is 38.1 Å². The van der Waals surface area contributed by atoms with E-state index in [-0.39, 0.29) is 39.7 Å². The maximum atomic E-state index is 13.0. The number of halogens is 1. The number of piperidine rings is 3. The van der Waals surface area contributed by atoms with Crippen LogP contribution in [-0.4, -0.2) is 63.9 Å². The summed E-state index contributed by atoms with van der Waals surface area (Å²) in [4.78, 5) is 11.6. The third-order valence-electron chi connectivity index (χ3n) is 8.31. The van der Waals surface area contributed by atoms with Crippen LogP contribution in [0, 0.1) is 5.92 Å². The minimum Gasteiger partial charge on any atom is -0.494 e. The molecule has 12 heteroatoms. The number of fused-ring (bicyclic) bond motifs is 4. The Balaban J connectivity index is 1.34. The van der Waals surface area contributed by atoms with Crippen molar-refractivity contribution in [3.8, 4) is 11.6 Å². The summed E-state index contributed by atoms with van der Waals surface area (Å²) in [6, 6.07) is 10.7. The molecule has 2 aromatic heterocycles. The van der Waals surface area contributed by atoms with Gasteiger partial charge in [0.15, 0.2) is 21.5 Å². The van der Waals surface area contributed by atoms with Gasteiger partial charge in [0.25, 0.3) is 0 Å². The molecule has 7 rings (SSSR count). The van der Waals surface area contributed by atoms with Crippen molar-refractivity contribution in [3.05, 3.63) is 53.8 Å². The number of nitrogens with zero attached hydrogens (tertiary/aromatic N) is 4. The minimum absolute atomic E-state index is 0.0988. The van der Waals surface area contributed by atoms with Crippen molar-refractivity contribution in [1.82, 2.24) is 19.4 Å². The molecule has 0 radical (unpaired) electrons. The highest BCUT2D eigenvalue weighted by molar-refractivity contribution is 7.92. The van der Waals surface area contributed by atoms with Crippen LogP contribution >= 0.6 is 11.6 Å². The van der Waals surface area contributed by atoms with Gasteiger partial charge in [0.1, 0.15) is 10.8 Å². The SMILES string of the molecule is CC(C)Oc1cc2cn([C@@H]3CN4CCC3CC4)c(O)c2cc1Nc1ncc(Cl)c(Nc2ccccc2S(=O)(=O)C(C)C)n1. The zero-order valence-corrected chi connectivity index (χ0v) is 26.3. The molecule has 0 unspecified atom stereocenters. The highest BCUT2D eigenvalue weighted by atomic mass is 35.5. The molecule has 0 spiro atoms. The molecule has 0 amide bonds. The number of aromatic hydroxyl groups is 1. The Kier molecular flexibility index (Phi) is 7.91. The van der Waals surface area contributed by atoms with E-state index in [2.05, 4.69) is 25.5 Å². The van der Waals surface area contributed by atoms with Crippen LogP contribution in [0.25, 0.3) is 10.8 Å². The first-order chi connectivity index (χ1) is 20.5. The van der Waals surface area contributed by atoms with Crippen LogP contribution in [-0.2, 0) is 9.84 Å². The van der Waals surface area contributed by atoms with Gasteiger partial charge in [0, 0.05) is 23.5 Å². The predicted octanol–water partition coefficient (Wildman–Crippen LogP) is 6.51. The molecule has 0 aliphatic carbocycles. The number of hydrogen-bond acceptors (Lipinski definition) is 9. The van der Waals surface area contributed by atoms with E-state index in [0.717, 1.165) is 37.9 Å². The Morgan fingerprint density at radius 3 is 2.49 bits per heavy atom. The maximum Gasteiger partial charge on any atom is 0.229 e. The molecule has 1 atom stereocenters. The number of nitrogens with one attached hydrogen (secondary N) is 2. The summed E-state index contributed by atoms with van der Waals surface area (Å²) in [5.74, 6) is 1.84. The number of aromatic nitrogens is 3. The average molecular weight is 625 g/mol. The van der Waals surface area contributed by atoms with E-state index in [9.17, 15) is 13.5 Å². The van der Waals surface area contributed by atoms with Crippen LogP contribution in [0.1, 0.15) is 46.6 Å². The molecule has 0 saturated carbocycles. The first-order valence-electron chi connectivity index (χ1n) is 14.7. The first kappa shape index (κ1) is 29.5. The fourth-order valence-electron chi connectivity index (χ4n) is 6.03. The van der Waals surface area contributed by atoms with Gasteiger partial charge >= 0.3 is 0 Å². The lowest BCUT2D eigenvalue weighted by Gasteiger charge is -2.45. The van der Waals surface area contributed by atoms with E-state index in [1.165, 1.54) is 6.20 Å². The van der Waals surface area contributed by atoms with Gasteiger partial charge < -0.3 is 29.9 Å². The van der Waals surface area contributed by atoms with E-state index >= 15 is 0 Å². The first-order valence-corrected chi connectivity index (χ1v) is 16.6. The Bertz CT molecular complexity index is 1770. The zero-order valence-electron chi connectivity index (χ0n) is 24.7. The second kappa shape index (κ2) is 11.5. The number of ether oxygens (including phenoxy) is 1. The Hall–Kier alpha value is -3.54. The van der Waals surface area contributed by atoms with Gasteiger partial charge in [-0.05, 0) is 83.8 Å². The van der Waals surface area contributed by atoms with Gasteiger partial charge in [-0.2, -0.15) is 4.98 Å². The lowest BCUT2D eigenvalue weighted by Crippen LogP contribution is -2.47. The normalized spacial score (nSPS) is 20.2. The van der Waals surface area contributed by atoms with E-state index in [1.807, 2.05) is 36.7 Å². The minimum atomic E-state index is -3.56. The van der Waals surface area contributed by atoms with E-state index < -0.39 is 15.1 Å². The van der Waals surface area contributed by atoms with Crippen molar-refractivity contribution < 1.29 is 18.3 Å². The zero-order chi connectivity index (χ0) is 30.5. The monoisotopic (exact) mass is 624 g/mol. The quantitative estimate of drug-likeness (QED) is 0.191. The Morgan fingerprint density at radius 2 is 1.81 bits per heavy atom. The van der Waals surface area contributed by atoms with Crippen LogP contribution < -0.4 is 15.4 Å². The summed E-state index contributed by atoms with van der Waals surface area (Å²) in [5.41, 5.74) is 0.950. The second-order valence-electron chi connectivity index (χ2n) is 11.9.